The highest BCUT2D eigenvalue weighted by atomic mass is 79.9. The zero-order valence-corrected chi connectivity index (χ0v) is 10.2. The minimum Gasteiger partial charge on any atom is -0.360 e. The Bertz CT molecular complexity index is 420. The van der Waals surface area contributed by atoms with Gasteiger partial charge >= 0.3 is 0 Å². The molecule has 0 amide bonds. The monoisotopic (exact) mass is 301 g/mol. The number of hydrogen-bond donors (Lipinski definition) is 1. The summed E-state index contributed by atoms with van der Waals surface area (Å²) in [4.78, 5) is 3.20. The number of H-pyrrole nitrogens is 1. The molecule has 1 heterocycles. The SMILES string of the molecule is BrCCc1cc(Br)c2[nH]ccc2c1. The van der Waals surface area contributed by atoms with Crippen LogP contribution in [-0.4, -0.2) is 10.3 Å². The maximum absolute atomic E-state index is 3.55. The lowest BCUT2D eigenvalue weighted by molar-refractivity contribution is 1.17. The van der Waals surface area contributed by atoms with E-state index in [4.69, 9.17) is 0 Å². The molecular weight excluding hydrogens is 294 g/mol. The van der Waals surface area contributed by atoms with Gasteiger partial charge in [-0.3, -0.25) is 0 Å². The number of hydrogen-bond acceptors (Lipinski definition) is 0. The van der Waals surface area contributed by atoms with Crippen molar-refractivity contribution in [1.29, 1.82) is 0 Å². The van der Waals surface area contributed by atoms with Gasteiger partial charge in [0.2, 0.25) is 0 Å². The van der Waals surface area contributed by atoms with Crippen molar-refractivity contribution in [3.05, 3.63) is 34.4 Å². The molecule has 68 valence electrons. The zero-order valence-electron chi connectivity index (χ0n) is 6.98. The number of halogens is 2. The number of fused-ring (bicyclic) bond motifs is 1. The Kier molecular flexibility index (Phi) is 2.74. The van der Waals surface area contributed by atoms with Crippen molar-refractivity contribution < 1.29 is 0 Å². The van der Waals surface area contributed by atoms with Crippen LogP contribution in [0.2, 0.25) is 0 Å². The lowest BCUT2D eigenvalue weighted by atomic mass is 10.1. The van der Waals surface area contributed by atoms with Crippen molar-refractivity contribution in [1.82, 2.24) is 4.98 Å². The second-order valence-corrected chi connectivity index (χ2v) is 4.61. The fraction of sp³-hybridized carbons (Fsp3) is 0.200. The first-order valence-corrected chi connectivity index (χ1v) is 6.04. The van der Waals surface area contributed by atoms with E-state index < -0.39 is 0 Å². The van der Waals surface area contributed by atoms with Crippen LogP contribution in [0.15, 0.2) is 28.9 Å². The van der Waals surface area contributed by atoms with E-state index in [9.17, 15) is 0 Å². The first-order chi connectivity index (χ1) is 6.31. The van der Waals surface area contributed by atoms with Crippen molar-refractivity contribution >= 4 is 42.8 Å². The molecule has 1 N–H and O–H groups in total. The van der Waals surface area contributed by atoms with Gasteiger partial charge in [-0.2, -0.15) is 0 Å². The van der Waals surface area contributed by atoms with Crippen LogP contribution < -0.4 is 0 Å². The molecule has 0 saturated carbocycles. The molecule has 0 atom stereocenters. The molecule has 0 radical (unpaired) electrons. The van der Waals surface area contributed by atoms with Crippen LogP contribution in [0.1, 0.15) is 5.56 Å². The quantitative estimate of drug-likeness (QED) is 0.811. The number of rotatable bonds is 2. The molecule has 0 spiro atoms. The van der Waals surface area contributed by atoms with Crippen molar-refractivity contribution in [2.45, 2.75) is 6.42 Å². The van der Waals surface area contributed by atoms with Gasteiger partial charge in [-0.05, 0) is 46.1 Å². The predicted octanol–water partition coefficient (Wildman–Crippen LogP) is 3.87. The third-order valence-electron chi connectivity index (χ3n) is 2.05. The molecule has 0 fully saturated rings. The number of alkyl halides is 1. The Balaban J connectivity index is 2.56. The van der Waals surface area contributed by atoms with Crippen LogP contribution in [0.3, 0.4) is 0 Å². The third-order valence-corrected chi connectivity index (χ3v) is 3.08. The van der Waals surface area contributed by atoms with Crippen LogP contribution in [0.4, 0.5) is 0 Å². The Morgan fingerprint density at radius 2 is 2.15 bits per heavy atom. The minimum absolute atomic E-state index is 1.01. The lowest BCUT2D eigenvalue weighted by Crippen LogP contribution is -1.85. The van der Waals surface area contributed by atoms with E-state index in [-0.39, 0.29) is 0 Å². The Labute approximate surface area is 93.8 Å². The largest absolute Gasteiger partial charge is 0.360 e. The minimum atomic E-state index is 1.01. The van der Waals surface area contributed by atoms with E-state index >= 15 is 0 Å². The second-order valence-electron chi connectivity index (χ2n) is 2.96. The Morgan fingerprint density at radius 3 is 2.92 bits per heavy atom. The summed E-state index contributed by atoms with van der Waals surface area (Å²) in [5, 5.41) is 2.28. The van der Waals surface area contributed by atoms with Gasteiger partial charge < -0.3 is 4.98 Å². The van der Waals surface area contributed by atoms with E-state index in [0.717, 1.165) is 16.2 Å². The van der Waals surface area contributed by atoms with Gasteiger partial charge in [0.1, 0.15) is 0 Å². The van der Waals surface area contributed by atoms with Crippen molar-refractivity contribution in [3.8, 4) is 0 Å². The smallest absolute Gasteiger partial charge is 0.0598 e. The summed E-state index contributed by atoms with van der Waals surface area (Å²) in [5.41, 5.74) is 2.54. The van der Waals surface area contributed by atoms with Crippen LogP contribution in [0, 0.1) is 0 Å². The molecule has 0 unspecified atom stereocenters. The molecule has 1 nitrogen and oxygen atoms in total. The molecule has 0 aliphatic rings. The number of aromatic amines is 1. The van der Waals surface area contributed by atoms with Crippen LogP contribution in [0.25, 0.3) is 10.9 Å². The summed E-state index contributed by atoms with van der Waals surface area (Å²) in [5.74, 6) is 0. The molecule has 0 aliphatic carbocycles. The molecular formula is C10H9Br2N. The van der Waals surface area contributed by atoms with Gasteiger partial charge in [0.25, 0.3) is 0 Å². The highest BCUT2D eigenvalue weighted by Crippen LogP contribution is 2.24. The first kappa shape index (κ1) is 9.28. The Morgan fingerprint density at radius 1 is 1.31 bits per heavy atom. The van der Waals surface area contributed by atoms with E-state index in [2.05, 4.69) is 55.0 Å². The summed E-state index contributed by atoms with van der Waals surface area (Å²) < 4.78 is 1.14. The van der Waals surface area contributed by atoms with Crippen LogP contribution in [-0.2, 0) is 6.42 Å². The fourth-order valence-electron chi connectivity index (χ4n) is 1.44. The molecule has 0 saturated heterocycles. The lowest BCUT2D eigenvalue weighted by Gasteiger charge is -2.00. The van der Waals surface area contributed by atoms with Gasteiger partial charge in [-0.25, -0.2) is 0 Å². The van der Waals surface area contributed by atoms with Crippen molar-refractivity contribution in [3.63, 3.8) is 0 Å². The third kappa shape index (κ3) is 1.81. The summed E-state index contributed by atoms with van der Waals surface area (Å²) in [6, 6.07) is 6.48. The maximum Gasteiger partial charge on any atom is 0.0598 e. The topological polar surface area (TPSA) is 15.8 Å². The second kappa shape index (κ2) is 3.84. The maximum atomic E-state index is 3.55. The van der Waals surface area contributed by atoms with E-state index in [1.54, 1.807) is 0 Å². The predicted molar refractivity (Wildman–Crippen MR) is 63.5 cm³/mol. The molecule has 1 aromatic carbocycles. The van der Waals surface area contributed by atoms with E-state index in [1.165, 1.54) is 16.5 Å². The number of aromatic nitrogens is 1. The van der Waals surface area contributed by atoms with Crippen LogP contribution in [0.5, 0.6) is 0 Å². The van der Waals surface area contributed by atoms with Crippen molar-refractivity contribution in [2.24, 2.45) is 0 Å². The first-order valence-electron chi connectivity index (χ1n) is 4.13. The van der Waals surface area contributed by atoms with Gasteiger partial charge in [-0.1, -0.05) is 15.9 Å². The average molecular weight is 303 g/mol. The molecule has 0 aliphatic heterocycles. The average Bonchev–Trinajstić information content (AvgIpc) is 2.53. The van der Waals surface area contributed by atoms with E-state index in [0.29, 0.717) is 0 Å². The standard InChI is InChI=1S/C10H9Br2N/c11-3-1-7-5-8-2-4-13-10(8)9(12)6-7/h2,4-6,13H,1,3H2. The molecule has 13 heavy (non-hydrogen) atoms. The van der Waals surface area contributed by atoms with Gasteiger partial charge in [0.15, 0.2) is 0 Å². The van der Waals surface area contributed by atoms with Crippen molar-refractivity contribution in [2.75, 3.05) is 5.33 Å². The summed E-state index contributed by atoms with van der Waals surface area (Å²) in [7, 11) is 0. The highest BCUT2D eigenvalue weighted by Gasteiger charge is 2.01. The molecule has 3 heteroatoms. The summed E-state index contributed by atoms with van der Waals surface area (Å²) in [6.45, 7) is 0. The van der Waals surface area contributed by atoms with Gasteiger partial charge in [0.05, 0.1) is 5.52 Å². The Hall–Kier alpha value is -0.280. The number of nitrogens with one attached hydrogen (secondary N) is 1. The molecule has 0 bridgehead atoms. The highest BCUT2D eigenvalue weighted by molar-refractivity contribution is 9.10. The summed E-state index contributed by atoms with van der Waals surface area (Å²) >= 11 is 6.99. The zero-order chi connectivity index (χ0) is 9.26. The molecule has 1 aromatic heterocycles. The molecule has 2 aromatic rings. The van der Waals surface area contributed by atoms with E-state index in [1.807, 2.05) is 6.20 Å². The number of benzene rings is 1. The fourth-order valence-corrected chi connectivity index (χ4v) is 2.53. The van der Waals surface area contributed by atoms with Gasteiger partial charge in [0, 0.05) is 21.4 Å². The van der Waals surface area contributed by atoms with Gasteiger partial charge in [-0.15, -0.1) is 0 Å². The molecule has 2 rings (SSSR count). The number of aryl methyl sites for hydroxylation is 1. The normalized spacial score (nSPS) is 10.9. The van der Waals surface area contributed by atoms with Crippen LogP contribution >= 0.6 is 31.9 Å². The summed E-state index contributed by atoms with van der Waals surface area (Å²) in [6.07, 6.45) is 3.03.